The summed E-state index contributed by atoms with van der Waals surface area (Å²) in [6, 6.07) is 6.55. The highest BCUT2D eigenvalue weighted by Gasteiger charge is 2.10. The zero-order valence-corrected chi connectivity index (χ0v) is 10.0. The summed E-state index contributed by atoms with van der Waals surface area (Å²) in [4.78, 5) is 11.7. The van der Waals surface area contributed by atoms with Gasteiger partial charge >= 0.3 is 0 Å². The van der Waals surface area contributed by atoms with Gasteiger partial charge in [-0.05, 0) is 30.5 Å². The van der Waals surface area contributed by atoms with E-state index in [4.69, 9.17) is 0 Å². The number of carbonyl (C=O) groups is 1. The van der Waals surface area contributed by atoms with Crippen LogP contribution in [0, 0.1) is 12.7 Å². The Bertz CT molecular complexity index is 551. The van der Waals surface area contributed by atoms with Crippen LogP contribution < -0.4 is 5.32 Å². The Labute approximate surface area is 104 Å². The summed E-state index contributed by atoms with van der Waals surface area (Å²) < 4.78 is 13.3. The van der Waals surface area contributed by atoms with Gasteiger partial charge in [-0.1, -0.05) is 18.2 Å². The minimum Gasteiger partial charge on any atom is -0.350 e. The molecular formula is C13H14FN3O. The molecule has 0 saturated carbocycles. The third-order valence-electron chi connectivity index (χ3n) is 2.69. The number of halogens is 1. The predicted molar refractivity (Wildman–Crippen MR) is 65.8 cm³/mol. The summed E-state index contributed by atoms with van der Waals surface area (Å²) >= 11 is 0. The lowest BCUT2D eigenvalue weighted by molar-refractivity contribution is 0.0948. The summed E-state index contributed by atoms with van der Waals surface area (Å²) in [7, 11) is 0. The lowest BCUT2D eigenvalue weighted by Gasteiger charge is -2.05. The summed E-state index contributed by atoms with van der Waals surface area (Å²) in [5, 5.41) is 9.13. The van der Waals surface area contributed by atoms with Crippen LogP contribution in [0.2, 0.25) is 0 Å². The first-order valence-electron chi connectivity index (χ1n) is 5.70. The van der Waals surface area contributed by atoms with Crippen molar-refractivity contribution in [3.8, 4) is 0 Å². The zero-order chi connectivity index (χ0) is 13.0. The topological polar surface area (TPSA) is 57.8 Å². The molecular weight excluding hydrogens is 233 g/mol. The standard InChI is InChI=1S/C13H14FN3O/c1-9-8-16-17-12(9)13(18)15-7-6-10-4-2-3-5-11(10)14/h2-5,8H,6-7H2,1H3,(H,15,18)(H,16,17). The smallest absolute Gasteiger partial charge is 0.269 e. The average Bonchev–Trinajstić information content (AvgIpc) is 2.78. The number of rotatable bonds is 4. The van der Waals surface area contributed by atoms with E-state index in [2.05, 4.69) is 15.5 Å². The van der Waals surface area contributed by atoms with E-state index in [1.54, 1.807) is 31.3 Å². The lowest BCUT2D eigenvalue weighted by Crippen LogP contribution is -2.26. The van der Waals surface area contributed by atoms with Crippen LogP contribution in [-0.2, 0) is 6.42 Å². The number of H-pyrrole nitrogens is 1. The molecule has 94 valence electrons. The second-order valence-corrected chi connectivity index (χ2v) is 4.03. The van der Waals surface area contributed by atoms with Gasteiger partial charge in [0.1, 0.15) is 11.5 Å². The molecule has 2 aromatic rings. The molecule has 0 fully saturated rings. The molecule has 0 atom stereocenters. The van der Waals surface area contributed by atoms with Crippen LogP contribution in [0.4, 0.5) is 4.39 Å². The number of aromatic amines is 1. The molecule has 0 aliphatic rings. The largest absolute Gasteiger partial charge is 0.350 e. The lowest BCUT2D eigenvalue weighted by atomic mass is 10.1. The van der Waals surface area contributed by atoms with Gasteiger partial charge in [0, 0.05) is 6.54 Å². The van der Waals surface area contributed by atoms with E-state index in [9.17, 15) is 9.18 Å². The number of nitrogens with zero attached hydrogens (tertiary/aromatic N) is 1. The fourth-order valence-corrected chi connectivity index (χ4v) is 1.68. The fourth-order valence-electron chi connectivity index (χ4n) is 1.68. The van der Waals surface area contributed by atoms with Gasteiger partial charge in [0.2, 0.25) is 0 Å². The van der Waals surface area contributed by atoms with Gasteiger partial charge in [0.25, 0.3) is 5.91 Å². The first-order valence-corrected chi connectivity index (χ1v) is 5.70. The second-order valence-electron chi connectivity index (χ2n) is 4.03. The fraction of sp³-hybridized carbons (Fsp3) is 0.231. The second kappa shape index (κ2) is 5.44. The SMILES string of the molecule is Cc1cn[nH]c1C(=O)NCCc1ccccc1F. The Balaban J connectivity index is 1.88. The molecule has 1 aromatic carbocycles. The van der Waals surface area contributed by atoms with Gasteiger partial charge < -0.3 is 5.32 Å². The van der Waals surface area contributed by atoms with Crippen LogP contribution >= 0.6 is 0 Å². The van der Waals surface area contributed by atoms with E-state index in [1.165, 1.54) is 6.07 Å². The highest BCUT2D eigenvalue weighted by molar-refractivity contribution is 5.93. The molecule has 0 radical (unpaired) electrons. The summed E-state index contributed by atoms with van der Waals surface area (Å²) in [6.45, 7) is 2.19. The first-order chi connectivity index (χ1) is 8.68. The van der Waals surface area contributed by atoms with Crippen molar-refractivity contribution in [3.63, 3.8) is 0 Å². The van der Waals surface area contributed by atoms with E-state index < -0.39 is 0 Å². The molecule has 18 heavy (non-hydrogen) atoms. The zero-order valence-electron chi connectivity index (χ0n) is 10.0. The Hall–Kier alpha value is -2.17. The predicted octanol–water partition coefficient (Wildman–Crippen LogP) is 1.83. The molecule has 0 aliphatic heterocycles. The summed E-state index contributed by atoms with van der Waals surface area (Å²) in [6.07, 6.45) is 2.05. The number of carbonyl (C=O) groups excluding carboxylic acids is 1. The number of aryl methyl sites for hydroxylation is 1. The number of amides is 1. The maximum absolute atomic E-state index is 13.3. The van der Waals surface area contributed by atoms with Gasteiger partial charge in [-0.15, -0.1) is 0 Å². The van der Waals surface area contributed by atoms with E-state index in [0.717, 1.165) is 5.56 Å². The van der Waals surface area contributed by atoms with Crippen molar-refractivity contribution in [1.82, 2.24) is 15.5 Å². The van der Waals surface area contributed by atoms with Gasteiger partial charge in [0.15, 0.2) is 0 Å². The van der Waals surface area contributed by atoms with Gasteiger partial charge in [-0.3, -0.25) is 9.89 Å². The molecule has 0 bridgehead atoms. The first kappa shape index (κ1) is 12.3. The summed E-state index contributed by atoms with van der Waals surface area (Å²) in [5.74, 6) is -0.467. The highest BCUT2D eigenvalue weighted by atomic mass is 19.1. The van der Waals surface area contributed by atoms with Crippen LogP contribution in [0.5, 0.6) is 0 Å². The Kier molecular flexibility index (Phi) is 3.72. The van der Waals surface area contributed by atoms with Crippen LogP contribution in [0.3, 0.4) is 0 Å². The third kappa shape index (κ3) is 2.74. The van der Waals surface area contributed by atoms with E-state index >= 15 is 0 Å². The Morgan fingerprint density at radius 3 is 2.89 bits per heavy atom. The molecule has 1 aromatic heterocycles. The molecule has 0 aliphatic carbocycles. The molecule has 4 nitrogen and oxygen atoms in total. The molecule has 1 heterocycles. The molecule has 0 spiro atoms. The molecule has 0 saturated heterocycles. The molecule has 5 heteroatoms. The number of hydrogen-bond donors (Lipinski definition) is 2. The quantitative estimate of drug-likeness (QED) is 0.866. The molecule has 2 rings (SSSR count). The van der Waals surface area contributed by atoms with Gasteiger partial charge in [0.05, 0.1) is 6.20 Å². The normalized spacial score (nSPS) is 10.3. The monoisotopic (exact) mass is 247 g/mol. The van der Waals surface area contributed by atoms with E-state index in [1.807, 2.05) is 0 Å². The van der Waals surface area contributed by atoms with Crippen molar-refractivity contribution >= 4 is 5.91 Å². The van der Waals surface area contributed by atoms with Crippen LogP contribution in [-0.4, -0.2) is 22.6 Å². The van der Waals surface area contributed by atoms with Crippen molar-refractivity contribution in [2.24, 2.45) is 0 Å². The minimum absolute atomic E-state index is 0.221. The third-order valence-corrected chi connectivity index (χ3v) is 2.69. The van der Waals surface area contributed by atoms with Crippen molar-refractivity contribution in [2.45, 2.75) is 13.3 Å². The number of hydrogen-bond acceptors (Lipinski definition) is 2. The maximum Gasteiger partial charge on any atom is 0.269 e. The average molecular weight is 247 g/mol. The summed E-state index contributed by atoms with van der Waals surface area (Å²) in [5.41, 5.74) is 1.83. The van der Waals surface area contributed by atoms with Crippen molar-refractivity contribution in [2.75, 3.05) is 6.54 Å². The van der Waals surface area contributed by atoms with Gasteiger partial charge in [-0.2, -0.15) is 5.10 Å². The Morgan fingerprint density at radius 2 is 2.22 bits per heavy atom. The van der Waals surface area contributed by atoms with E-state index in [0.29, 0.717) is 24.2 Å². The number of aromatic nitrogens is 2. The molecule has 2 N–H and O–H groups in total. The molecule has 1 amide bonds. The van der Waals surface area contributed by atoms with Crippen molar-refractivity contribution in [3.05, 3.63) is 53.1 Å². The maximum atomic E-state index is 13.3. The minimum atomic E-state index is -0.246. The number of nitrogens with one attached hydrogen (secondary N) is 2. The van der Waals surface area contributed by atoms with Gasteiger partial charge in [-0.25, -0.2) is 4.39 Å². The number of benzene rings is 1. The van der Waals surface area contributed by atoms with Crippen LogP contribution in [0.1, 0.15) is 21.6 Å². The molecule has 0 unspecified atom stereocenters. The van der Waals surface area contributed by atoms with Crippen LogP contribution in [0.15, 0.2) is 30.5 Å². The highest BCUT2D eigenvalue weighted by Crippen LogP contribution is 2.06. The Morgan fingerprint density at radius 1 is 1.44 bits per heavy atom. The van der Waals surface area contributed by atoms with Crippen molar-refractivity contribution < 1.29 is 9.18 Å². The van der Waals surface area contributed by atoms with Crippen LogP contribution in [0.25, 0.3) is 0 Å². The van der Waals surface area contributed by atoms with Crippen molar-refractivity contribution in [1.29, 1.82) is 0 Å². The van der Waals surface area contributed by atoms with E-state index in [-0.39, 0.29) is 11.7 Å².